The highest BCUT2D eigenvalue weighted by atomic mass is 16.5. The van der Waals surface area contributed by atoms with Crippen LogP contribution in [0.25, 0.3) is 0 Å². The first-order valence-electron chi connectivity index (χ1n) is 14.6. The van der Waals surface area contributed by atoms with Crippen molar-refractivity contribution < 1.29 is 24.2 Å². The number of ether oxygens (including phenoxy) is 2. The summed E-state index contributed by atoms with van der Waals surface area (Å²) in [7, 11) is 1.49. The Kier molecular flexibility index (Phi) is 5.97. The maximum absolute atomic E-state index is 13.8. The highest BCUT2D eigenvalue weighted by molar-refractivity contribution is 5.78. The van der Waals surface area contributed by atoms with Crippen LogP contribution in [0, 0.1) is 61.6 Å². The largest absolute Gasteiger partial charge is 0.511 e. The van der Waals surface area contributed by atoms with Crippen molar-refractivity contribution in [3.8, 4) is 6.07 Å². The third-order valence-corrected chi connectivity index (χ3v) is 13.1. The number of aliphatic hydroxyl groups is 1. The second-order valence-electron chi connectivity index (χ2n) is 15.6. The molecule has 1 aliphatic heterocycles. The first-order valence-corrected chi connectivity index (χ1v) is 14.6. The topological polar surface area (TPSA) is 96.6 Å². The standard InChI is InChI=1S/C32H47NO5/c1-27(2)11-13-32(26(36)37-8)14-12-31(7)25(20(32)17-27)38-23(34)15-22-29(5)16-19(18-33)24(35)28(3,4)21(29)9-10-30(22,31)6/h20-22,25,35H,9-17H2,1-8H3/t20?,21-,22+,25?,29-,30+,31+,32-/m0/s1. The Morgan fingerprint density at radius 1 is 1.00 bits per heavy atom. The van der Waals surface area contributed by atoms with Crippen molar-refractivity contribution in [2.24, 2.45) is 50.2 Å². The van der Waals surface area contributed by atoms with E-state index in [1.54, 1.807) is 0 Å². The number of fused-ring (bicyclic) bond motifs is 7. The molecule has 4 fully saturated rings. The molecule has 1 heterocycles. The molecule has 3 saturated carbocycles. The summed E-state index contributed by atoms with van der Waals surface area (Å²) < 4.78 is 12.0. The van der Waals surface area contributed by atoms with Gasteiger partial charge in [-0.05, 0) is 79.4 Å². The molecule has 0 amide bonds. The Balaban J connectivity index is 1.65. The zero-order valence-corrected chi connectivity index (χ0v) is 24.7. The summed E-state index contributed by atoms with van der Waals surface area (Å²) in [6, 6.07) is 2.30. The molecular weight excluding hydrogens is 478 g/mol. The van der Waals surface area contributed by atoms with Gasteiger partial charge in [0.05, 0.1) is 24.2 Å². The molecule has 1 N–H and O–H groups in total. The number of hydrogen-bond donors (Lipinski definition) is 1. The highest BCUT2D eigenvalue weighted by Crippen LogP contribution is 2.74. The minimum Gasteiger partial charge on any atom is -0.511 e. The van der Waals surface area contributed by atoms with E-state index in [4.69, 9.17) is 9.47 Å². The van der Waals surface area contributed by atoms with Crippen LogP contribution in [0.15, 0.2) is 11.3 Å². The van der Waals surface area contributed by atoms with Crippen molar-refractivity contribution in [3.63, 3.8) is 0 Å². The van der Waals surface area contributed by atoms with Gasteiger partial charge in [-0.3, -0.25) is 9.59 Å². The molecule has 0 aromatic carbocycles. The van der Waals surface area contributed by atoms with Gasteiger partial charge in [-0.1, -0.05) is 48.5 Å². The Hall–Kier alpha value is -2.03. The normalized spacial score (nSPS) is 47.2. The van der Waals surface area contributed by atoms with Crippen molar-refractivity contribution in [2.75, 3.05) is 7.11 Å². The second-order valence-corrected chi connectivity index (χ2v) is 15.6. The first-order chi connectivity index (χ1) is 17.5. The van der Waals surface area contributed by atoms with E-state index in [0.717, 1.165) is 44.9 Å². The number of carbonyl (C=O) groups is 2. The smallest absolute Gasteiger partial charge is 0.312 e. The van der Waals surface area contributed by atoms with Crippen molar-refractivity contribution in [1.29, 1.82) is 5.26 Å². The Labute approximate surface area is 228 Å². The number of rotatable bonds is 1. The first kappa shape index (κ1) is 27.5. The lowest BCUT2D eigenvalue weighted by Crippen LogP contribution is -2.66. The number of aliphatic hydroxyl groups excluding tert-OH is 1. The number of hydrogen-bond acceptors (Lipinski definition) is 6. The van der Waals surface area contributed by atoms with Crippen LogP contribution in [-0.4, -0.2) is 30.3 Å². The predicted molar refractivity (Wildman–Crippen MR) is 144 cm³/mol. The lowest BCUT2D eigenvalue weighted by molar-refractivity contribution is -0.228. The molecule has 210 valence electrons. The number of allylic oxidation sites excluding steroid dienone is 2. The van der Waals surface area contributed by atoms with Crippen molar-refractivity contribution in [1.82, 2.24) is 0 Å². The van der Waals surface area contributed by atoms with Crippen LogP contribution in [-0.2, 0) is 19.1 Å². The number of carbonyl (C=O) groups excluding carboxylic acids is 2. The summed E-state index contributed by atoms with van der Waals surface area (Å²) in [6.07, 6.45) is 6.42. The molecule has 8 atom stereocenters. The molecule has 6 nitrogen and oxygen atoms in total. The van der Waals surface area contributed by atoms with E-state index >= 15 is 0 Å². The van der Waals surface area contributed by atoms with Crippen LogP contribution in [0.2, 0.25) is 0 Å². The molecule has 0 spiro atoms. The third kappa shape index (κ3) is 3.35. The quantitative estimate of drug-likeness (QED) is 0.374. The van der Waals surface area contributed by atoms with E-state index in [-0.39, 0.29) is 63.2 Å². The van der Waals surface area contributed by atoms with Crippen LogP contribution in [0.3, 0.4) is 0 Å². The maximum Gasteiger partial charge on any atom is 0.312 e. The van der Waals surface area contributed by atoms with E-state index in [9.17, 15) is 20.0 Å². The molecule has 5 aliphatic rings. The van der Waals surface area contributed by atoms with E-state index in [1.165, 1.54) is 7.11 Å². The molecule has 1 saturated heterocycles. The van der Waals surface area contributed by atoms with E-state index in [0.29, 0.717) is 18.4 Å². The average Bonchev–Trinajstić information content (AvgIpc) is 2.93. The monoisotopic (exact) mass is 525 g/mol. The van der Waals surface area contributed by atoms with Gasteiger partial charge < -0.3 is 14.6 Å². The minimum absolute atomic E-state index is 0.00852. The summed E-state index contributed by atoms with van der Waals surface area (Å²) in [5.74, 6) is -0.0269. The number of methoxy groups -OCH3 is 1. The van der Waals surface area contributed by atoms with Gasteiger partial charge in [-0.25, -0.2) is 0 Å². The lowest BCUT2D eigenvalue weighted by atomic mass is 9.36. The fourth-order valence-corrected chi connectivity index (χ4v) is 10.8. The summed E-state index contributed by atoms with van der Waals surface area (Å²) in [5.41, 5.74) is -1.49. The number of nitriles is 1. The van der Waals surface area contributed by atoms with E-state index in [1.807, 2.05) is 0 Å². The number of esters is 2. The van der Waals surface area contributed by atoms with Gasteiger partial charge in [0.1, 0.15) is 11.9 Å². The van der Waals surface area contributed by atoms with E-state index < -0.39 is 10.8 Å². The van der Waals surface area contributed by atoms with Crippen molar-refractivity contribution >= 4 is 11.9 Å². The molecule has 5 rings (SSSR count). The fraction of sp³-hybridized carbons (Fsp3) is 0.844. The molecule has 0 aromatic rings. The molecular formula is C32H47NO5. The van der Waals surface area contributed by atoms with Crippen molar-refractivity contribution in [3.05, 3.63) is 11.3 Å². The van der Waals surface area contributed by atoms with Crippen LogP contribution in [0.1, 0.15) is 106 Å². The molecule has 4 aliphatic carbocycles. The van der Waals surface area contributed by atoms with E-state index in [2.05, 4.69) is 54.5 Å². The van der Waals surface area contributed by atoms with Gasteiger partial charge >= 0.3 is 11.9 Å². The third-order valence-electron chi connectivity index (χ3n) is 13.1. The summed E-state index contributed by atoms with van der Waals surface area (Å²) in [6.45, 7) is 15.6. The van der Waals surface area contributed by atoms with Gasteiger partial charge in [0.25, 0.3) is 0 Å². The highest BCUT2D eigenvalue weighted by Gasteiger charge is 2.72. The zero-order chi connectivity index (χ0) is 28.1. The van der Waals surface area contributed by atoms with Gasteiger partial charge in [0.15, 0.2) is 0 Å². The Morgan fingerprint density at radius 3 is 2.29 bits per heavy atom. The van der Waals surface area contributed by atoms with Crippen molar-refractivity contribution in [2.45, 2.75) is 112 Å². The molecule has 38 heavy (non-hydrogen) atoms. The molecule has 6 heteroatoms. The molecule has 0 radical (unpaired) electrons. The summed E-state index contributed by atoms with van der Waals surface area (Å²) in [4.78, 5) is 27.2. The Morgan fingerprint density at radius 2 is 1.66 bits per heavy atom. The van der Waals surface area contributed by atoms with Gasteiger partial charge in [0.2, 0.25) is 0 Å². The summed E-state index contributed by atoms with van der Waals surface area (Å²) in [5, 5.41) is 21.0. The fourth-order valence-electron chi connectivity index (χ4n) is 10.8. The van der Waals surface area contributed by atoms with Gasteiger partial charge in [-0.2, -0.15) is 5.26 Å². The molecule has 2 unspecified atom stereocenters. The lowest BCUT2D eigenvalue weighted by Gasteiger charge is -2.68. The van der Waals surface area contributed by atoms with Crippen LogP contribution in [0.4, 0.5) is 0 Å². The Bertz CT molecular complexity index is 1130. The van der Waals surface area contributed by atoms with Crippen LogP contribution < -0.4 is 0 Å². The zero-order valence-electron chi connectivity index (χ0n) is 24.7. The van der Waals surface area contributed by atoms with Crippen LogP contribution in [0.5, 0.6) is 0 Å². The molecule has 0 bridgehead atoms. The predicted octanol–water partition coefficient (Wildman–Crippen LogP) is 6.89. The minimum atomic E-state index is -0.610. The average molecular weight is 526 g/mol. The van der Waals surface area contributed by atoms with Crippen LogP contribution >= 0.6 is 0 Å². The van der Waals surface area contributed by atoms with Gasteiger partial charge in [0, 0.05) is 23.2 Å². The number of nitrogens with zero attached hydrogens (tertiary/aromatic N) is 1. The molecule has 0 aromatic heterocycles. The summed E-state index contributed by atoms with van der Waals surface area (Å²) >= 11 is 0. The second kappa shape index (κ2) is 8.24. The maximum atomic E-state index is 13.8. The van der Waals surface area contributed by atoms with Gasteiger partial charge in [-0.15, -0.1) is 0 Å². The SMILES string of the molecule is COC(=O)[C@]12CCC(C)(C)CC1C1OC(=O)C[C@@H]3[C@@]4(C)CC(C#N)=C(O)C(C)(C)[C@@H]4CC[C@@]3(C)[C@]1(C)CC2.